The van der Waals surface area contributed by atoms with Crippen LogP contribution in [0.25, 0.3) is 0 Å². The van der Waals surface area contributed by atoms with Crippen LogP contribution in [0.4, 0.5) is 4.79 Å². The Balaban J connectivity index is 2.91. The van der Waals surface area contributed by atoms with Crippen molar-refractivity contribution in [3.05, 3.63) is 21.3 Å². The van der Waals surface area contributed by atoms with Crippen LogP contribution in [0.15, 0.2) is 17.2 Å². The summed E-state index contributed by atoms with van der Waals surface area (Å²) in [6.45, 7) is 0. The van der Waals surface area contributed by atoms with Gasteiger partial charge in [0.05, 0.1) is 31.1 Å². The van der Waals surface area contributed by atoms with Gasteiger partial charge in [-0.2, -0.15) is 5.10 Å². The zero-order valence-electron chi connectivity index (χ0n) is 10.2. The van der Waals surface area contributed by atoms with E-state index < -0.39 is 6.09 Å². The Morgan fingerprint density at radius 1 is 1.33 bits per heavy atom. The summed E-state index contributed by atoms with van der Waals surface area (Å²) in [5.41, 5.74) is 2.97. The molecule has 0 aromatic heterocycles. The van der Waals surface area contributed by atoms with E-state index in [4.69, 9.17) is 9.47 Å². The van der Waals surface area contributed by atoms with Crippen LogP contribution in [0.1, 0.15) is 5.56 Å². The van der Waals surface area contributed by atoms with Gasteiger partial charge in [0.25, 0.3) is 0 Å². The fourth-order valence-corrected chi connectivity index (χ4v) is 2.06. The molecule has 0 saturated carbocycles. The summed E-state index contributed by atoms with van der Waals surface area (Å²) in [7, 11) is 4.40. The van der Waals surface area contributed by atoms with Crippen molar-refractivity contribution in [1.29, 1.82) is 0 Å². The van der Waals surface area contributed by atoms with Crippen molar-refractivity contribution in [2.24, 2.45) is 5.10 Å². The molecule has 0 spiro atoms. The number of halogens is 1. The Morgan fingerprint density at radius 2 is 2.06 bits per heavy atom. The SMILES string of the molecule is COC(=O)NN=Cc1cc(I)c(OC)c(OC)c1. The lowest BCUT2D eigenvalue weighted by atomic mass is 10.2. The molecule has 0 aliphatic rings. The average molecular weight is 364 g/mol. The van der Waals surface area contributed by atoms with Crippen LogP contribution < -0.4 is 14.9 Å². The molecule has 98 valence electrons. The minimum Gasteiger partial charge on any atom is -0.493 e. The quantitative estimate of drug-likeness (QED) is 0.504. The van der Waals surface area contributed by atoms with Crippen molar-refractivity contribution in [2.45, 2.75) is 0 Å². The number of carbonyl (C=O) groups is 1. The zero-order chi connectivity index (χ0) is 13.5. The Morgan fingerprint density at radius 3 is 2.61 bits per heavy atom. The second-order valence-electron chi connectivity index (χ2n) is 3.10. The van der Waals surface area contributed by atoms with Crippen molar-refractivity contribution in [2.75, 3.05) is 21.3 Å². The highest BCUT2D eigenvalue weighted by Gasteiger charge is 2.09. The molecule has 1 rings (SSSR count). The molecule has 6 nitrogen and oxygen atoms in total. The monoisotopic (exact) mass is 364 g/mol. The van der Waals surface area contributed by atoms with Crippen LogP contribution in [-0.4, -0.2) is 33.6 Å². The number of amides is 1. The van der Waals surface area contributed by atoms with Gasteiger partial charge in [-0.05, 0) is 40.3 Å². The average Bonchev–Trinajstić information content (AvgIpc) is 2.37. The van der Waals surface area contributed by atoms with Gasteiger partial charge >= 0.3 is 6.09 Å². The van der Waals surface area contributed by atoms with Crippen LogP contribution in [0.5, 0.6) is 11.5 Å². The number of ether oxygens (including phenoxy) is 3. The third kappa shape index (κ3) is 3.76. The number of carbonyl (C=O) groups excluding carboxylic acids is 1. The molecular weight excluding hydrogens is 351 g/mol. The highest BCUT2D eigenvalue weighted by molar-refractivity contribution is 14.1. The number of methoxy groups -OCH3 is 3. The normalized spacial score (nSPS) is 10.2. The predicted molar refractivity (Wildman–Crippen MR) is 75.4 cm³/mol. The topological polar surface area (TPSA) is 69.2 Å². The Hall–Kier alpha value is -1.51. The number of rotatable bonds is 4. The van der Waals surface area contributed by atoms with E-state index in [1.165, 1.54) is 13.3 Å². The molecule has 1 aromatic carbocycles. The maximum Gasteiger partial charge on any atom is 0.427 e. The van der Waals surface area contributed by atoms with Crippen LogP contribution in [0.3, 0.4) is 0 Å². The third-order valence-electron chi connectivity index (χ3n) is 2.01. The van der Waals surface area contributed by atoms with E-state index in [1.54, 1.807) is 20.3 Å². The molecule has 0 unspecified atom stereocenters. The van der Waals surface area contributed by atoms with Gasteiger partial charge in [-0.15, -0.1) is 0 Å². The van der Waals surface area contributed by atoms with Gasteiger partial charge in [-0.3, -0.25) is 0 Å². The van der Waals surface area contributed by atoms with Gasteiger partial charge in [-0.25, -0.2) is 10.2 Å². The molecule has 0 bridgehead atoms. The summed E-state index contributed by atoms with van der Waals surface area (Å²) >= 11 is 2.13. The first-order valence-corrected chi connectivity index (χ1v) is 5.98. The summed E-state index contributed by atoms with van der Waals surface area (Å²) < 4.78 is 15.7. The highest BCUT2D eigenvalue weighted by atomic mass is 127. The number of benzene rings is 1. The van der Waals surface area contributed by atoms with Crippen molar-refractivity contribution in [3.63, 3.8) is 0 Å². The maximum absolute atomic E-state index is 10.8. The number of hydrogen-bond acceptors (Lipinski definition) is 5. The van der Waals surface area contributed by atoms with Gasteiger partial charge in [0.2, 0.25) is 0 Å². The zero-order valence-corrected chi connectivity index (χ0v) is 12.3. The Labute approximate surface area is 118 Å². The smallest absolute Gasteiger partial charge is 0.427 e. The Kier molecular flexibility index (Phi) is 5.69. The Bertz CT molecular complexity index is 463. The van der Waals surface area contributed by atoms with Crippen LogP contribution in [-0.2, 0) is 4.74 Å². The first-order chi connectivity index (χ1) is 8.62. The second kappa shape index (κ2) is 7.04. The van der Waals surface area contributed by atoms with Crippen molar-refractivity contribution in [1.82, 2.24) is 5.43 Å². The molecule has 0 atom stereocenters. The summed E-state index contributed by atoms with van der Waals surface area (Å²) in [4.78, 5) is 10.8. The van der Waals surface area contributed by atoms with E-state index in [0.29, 0.717) is 11.5 Å². The first-order valence-electron chi connectivity index (χ1n) is 4.91. The third-order valence-corrected chi connectivity index (χ3v) is 2.81. The number of nitrogens with one attached hydrogen (secondary N) is 1. The molecule has 1 N–H and O–H groups in total. The van der Waals surface area contributed by atoms with Gasteiger partial charge in [-0.1, -0.05) is 0 Å². The molecule has 7 heteroatoms. The molecule has 0 fully saturated rings. The molecule has 0 heterocycles. The first kappa shape index (κ1) is 14.6. The molecule has 1 amide bonds. The van der Waals surface area contributed by atoms with E-state index in [2.05, 4.69) is 37.9 Å². The van der Waals surface area contributed by atoms with E-state index in [9.17, 15) is 4.79 Å². The highest BCUT2D eigenvalue weighted by Crippen LogP contribution is 2.32. The molecule has 1 aromatic rings. The van der Waals surface area contributed by atoms with Gasteiger partial charge < -0.3 is 14.2 Å². The van der Waals surface area contributed by atoms with Gasteiger partial charge in [0.1, 0.15) is 0 Å². The molecule has 0 aliphatic carbocycles. The number of nitrogens with zero attached hydrogens (tertiary/aromatic N) is 1. The van der Waals surface area contributed by atoms with Gasteiger partial charge in [0, 0.05) is 0 Å². The summed E-state index contributed by atoms with van der Waals surface area (Å²) in [5, 5.41) is 3.74. The van der Waals surface area contributed by atoms with E-state index in [1.807, 2.05) is 6.07 Å². The van der Waals surface area contributed by atoms with E-state index in [0.717, 1.165) is 9.13 Å². The standard InChI is InChI=1S/C11H13IN2O4/c1-16-9-5-7(4-8(12)10(9)17-2)6-13-14-11(15)18-3/h4-6H,1-3H3,(H,14,15). The maximum atomic E-state index is 10.8. The number of hydrazone groups is 1. The lowest BCUT2D eigenvalue weighted by Crippen LogP contribution is -2.16. The van der Waals surface area contributed by atoms with Crippen molar-refractivity contribution in [3.8, 4) is 11.5 Å². The lowest BCUT2D eigenvalue weighted by molar-refractivity contribution is 0.171. The molecule has 0 saturated heterocycles. The summed E-state index contributed by atoms with van der Waals surface area (Å²) in [6, 6.07) is 3.60. The van der Waals surface area contributed by atoms with Crippen molar-refractivity contribution < 1.29 is 19.0 Å². The lowest BCUT2D eigenvalue weighted by Gasteiger charge is -2.10. The molecule has 18 heavy (non-hydrogen) atoms. The van der Waals surface area contributed by atoms with Crippen LogP contribution in [0.2, 0.25) is 0 Å². The van der Waals surface area contributed by atoms with Crippen molar-refractivity contribution >= 4 is 34.9 Å². The fourth-order valence-electron chi connectivity index (χ4n) is 1.22. The largest absolute Gasteiger partial charge is 0.493 e. The molecular formula is C11H13IN2O4. The molecule has 0 aliphatic heterocycles. The van der Waals surface area contributed by atoms with Crippen LogP contribution >= 0.6 is 22.6 Å². The number of hydrogen-bond donors (Lipinski definition) is 1. The summed E-state index contributed by atoms with van der Waals surface area (Å²) in [6.07, 6.45) is 0.863. The predicted octanol–water partition coefficient (Wildman–Crippen LogP) is 2.00. The van der Waals surface area contributed by atoms with E-state index >= 15 is 0 Å². The summed E-state index contributed by atoms with van der Waals surface area (Å²) in [5.74, 6) is 1.26. The molecule has 0 radical (unpaired) electrons. The van der Waals surface area contributed by atoms with E-state index in [-0.39, 0.29) is 0 Å². The minimum absolute atomic E-state index is 0.601. The van der Waals surface area contributed by atoms with Crippen LogP contribution in [0, 0.1) is 3.57 Å². The second-order valence-corrected chi connectivity index (χ2v) is 4.26. The minimum atomic E-state index is -0.624. The fraction of sp³-hybridized carbons (Fsp3) is 0.273. The van der Waals surface area contributed by atoms with Gasteiger partial charge in [0.15, 0.2) is 11.5 Å².